The number of carbonyl (C=O) groups is 4. The molecule has 0 amide bonds. The van der Waals surface area contributed by atoms with Crippen LogP contribution in [0, 0.1) is 5.92 Å². The van der Waals surface area contributed by atoms with Crippen molar-refractivity contribution in [3.8, 4) is 0 Å². The summed E-state index contributed by atoms with van der Waals surface area (Å²) < 4.78 is 5.32. The second-order valence-electron chi connectivity index (χ2n) is 11.2. The van der Waals surface area contributed by atoms with Crippen molar-refractivity contribution in [1.82, 2.24) is 0 Å². The van der Waals surface area contributed by atoms with Crippen LogP contribution in [0.25, 0.3) is 0 Å². The monoisotopic (exact) mass is 542 g/mol. The summed E-state index contributed by atoms with van der Waals surface area (Å²) in [5.74, 6) is -3.86. The Hall–Kier alpha value is -1.96. The molecule has 0 heterocycles. The van der Waals surface area contributed by atoms with Crippen LogP contribution in [0.4, 0.5) is 0 Å². The number of carbonyl (C=O) groups excluding carboxylic acids is 2. The fourth-order valence-corrected chi connectivity index (χ4v) is 4.55. The summed E-state index contributed by atoms with van der Waals surface area (Å²) in [6.07, 6.45) is 15.0. The highest BCUT2D eigenvalue weighted by atomic mass is 16.5. The largest absolute Gasteiger partial charge is 0.481 e. The number of Topliss-reactive ketones (excluding diaryl/α,β-unsaturated/α-hetero) is 1. The predicted octanol–water partition coefficient (Wildman–Crippen LogP) is 6.85. The molecule has 0 radical (unpaired) electrons. The topological polar surface area (TPSA) is 138 Å². The van der Waals surface area contributed by atoms with Gasteiger partial charge in [-0.05, 0) is 25.2 Å². The Morgan fingerprint density at radius 2 is 1.16 bits per heavy atom. The molecule has 0 aromatic rings. The Morgan fingerprint density at radius 3 is 1.63 bits per heavy atom. The third-order valence-electron chi connectivity index (χ3n) is 6.94. The zero-order valence-electron chi connectivity index (χ0n) is 24.2. The van der Waals surface area contributed by atoms with E-state index in [2.05, 4.69) is 20.8 Å². The minimum atomic E-state index is -2.77. The van der Waals surface area contributed by atoms with Gasteiger partial charge >= 0.3 is 17.9 Å². The average molecular weight is 543 g/mol. The minimum absolute atomic E-state index is 0.204. The quantitative estimate of drug-likeness (QED) is 0.0797. The normalized spacial score (nSPS) is 13.7. The Morgan fingerprint density at radius 1 is 0.684 bits per heavy atom. The van der Waals surface area contributed by atoms with Crippen molar-refractivity contribution < 1.29 is 39.2 Å². The van der Waals surface area contributed by atoms with E-state index in [-0.39, 0.29) is 12.2 Å². The van der Waals surface area contributed by atoms with E-state index in [0.29, 0.717) is 19.3 Å². The number of hydrogen-bond acceptors (Lipinski definition) is 6. The third-order valence-corrected chi connectivity index (χ3v) is 6.94. The van der Waals surface area contributed by atoms with Crippen LogP contribution in [0.5, 0.6) is 0 Å². The number of aliphatic hydroxyl groups is 1. The zero-order chi connectivity index (χ0) is 28.8. The highest BCUT2D eigenvalue weighted by molar-refractivity contribution is 5.90. The molecular weight excluding hydrogens is 488 g/mol. The molecule has 0 fully saturated rings. The van der Waals surface area contributed by atoms with Crippen molar-refractivity contribution in [3.05, 3.63) is 0 Å². The van der Waals surface area contributed by atoms with Crippen LogP contribution in [-0.4, -0.2) is 50.7 Å². The van der Waals surface area contributed by atoms with Gasteiger partial charge in [0.25, 0.3) is 0 Å². The fraction of sp³-hybridized carbons (Fsp3) is 0.867. The lowest BCUT2D eigenvalue weighted by Gasteiger charge is -2.22. The van der Waals surface area contributed by atoms with Gasteiger partial charge < -0.3 is 20.1 Å². The molecule has 2 unspecified atom stereocenters. The summed E-state index contributed by atoms with van der Waals surface area (Å²) in [7, 11) is 0. The molecule has 0 spiro atoms. The third kappa shape index (κ3) is 19.2. The van der Waals surface area contributed by atoms with Crippen molar-refractivity contribution >= 4 is 23.7 Å². The molecule has 0 rings (SSSR count). The number of rotatable bonds is 26. The number of aliphatic carboxylic acids is 2. The van der Waals surface area contributed by atoms with Crippen LogP contribution >= 0.6 is 0 Å². The maximum absolute atomic E-state index is 12.8. The van der Waals surface area contributed by atoms with Gasteiger partial charge in [-0.2, -0.15) is 0 Å². The molecule has 0 bridgehead atoms. The first-order valence-electron chi connectivity index (χ1n) is 14.9. The zero-order valence-corrected chi connectivity index (χ0v) is 24.2. The van der Waals surface area contributed by atoms with Gasteiger partial charge in [0.05, 0.1) is 12.8 Å². The lowest BCUT2D eigenvalue weighted by Crippen LogP contribution is -2.44. The molecule has 0 aromatic carbocycles. The summed E-state index contributed by atoms with van der Waals surface area (Å²) in [5, 5.41) is 28.2. The summed E-state index contributed by atoms with van der Waals surface area (Å²) in [5.41, 5.74) is -2.77. The van der Waals surface area contributed by atoms with Gasteiger partial charge in [-0.1, -0.05) is 111 Å². The molecule has 0 aromatic heterocycles. The van der Waals surface area contributed by atoms with Crippen molar-refractivity contribution in [2.45, 2.75) is 161 Å². The molecular formula is C30H54O8. The minimum Gasteiger partial charge on any atom is -0.481 e. The van der Waals surface area contributed by atoms with E-state index < -0.39 is 42.5 Å². The van der Waals surface area contributed by atoms with E-state index in [1.807, 2.05) is 0 Å². The predicted molar refractivity (Wildman–Crippen MR) is 148 cm³/mol. The van der Waals surface area contributed by atoms with Gasteiger partial charge in [0.2, 0.25) is 0 Å². The first-order chi connectivity index (χ1) is 18.0. The molecule has 0 aliphatic carbocycles. The van der Waals surface area contributed by atoms with E-state index in [4.69, 9.17) is 9.84 Å². The number of ketones is 1. The molecule has 0 saturated carbocycles. The molecule has 0 aliphatic heterocycles. The van der Waals surface area contributed by atoms with Crippen LogP contribution in [0.2, 0.25) is 0 Å². The standard InChI is InChI=1S/C30H54O8/c1-4-5-6-13-17-20-25(31)26(38-28(34)23-30(37,29(35)36)22-27(32)33)21-18-15-12-10-8-7-9-11-14-16-19-24(2)3/h24,26,37H,4-23H2,1-3H3,(H,32,33)(H,35,36). The van der Waals surface area contributed by atoms with Gasteiger partial charge in [-0.3, -0.25) is 14.4 Å². The summed E-state index contributed by atoms with van der Waals surface area (Å²) in [6, 6.07) is 0. The number of hydrogen-bond donors (Lipinski definition) is 3. The molecule has 3 N–H and O–H groups in total. The van der Waals surface area contributed by atoms with Gasteiger partial charge in [0.15, 0.2) is 17.5 Å². The Labute approximate surface area is 229 Å². The van der Waals surface area contributed by atoms with E-state index in [1.165, 1.54) is 44.9 Å². The maximum Gasteiger partial charge on any atom is 0.336 e. The molecule has 2 atom stereocenters. The van der Waals surface area contributed by atoms with Crippen LogP contribution < -0.4 is 0 Å². The SMILES string of the molecule is CCCCCCCC(=O)C(CCCCCCCCCCCCC(C)C)OC(=O)CC(O)(CC(=O)O)C(=O)O. The highest BCUT2D eigenvalue weighted by Gasteiger charge is 2.42. The maximum atomic E-state index is 12.8. The first-order valence-corrected chi connectivity index (χ1v) is 14.9. The molecule has 8 heteroatoms. The highest BCUT2D eigenvalue weighted by Crippen LogP contribution is 2.20. The summed E-state index contributed by atoms with van der Waals surface area (Å²) in [6.45, 7) is 6.63. The van der Waals surface area contributed by atoms with Crippen LogP contribution in [0.1, 0.15) is 149 Å². The smallest absolute Gasteiger partial charge is 0.336 e. The fourth-order valence-electron chi connectivity index (χ4n) is 4.55. The Bertz CT molecular complexity index is 675. The molecule has 0 saturated heterocycles. The average Bonchev–Trinajstić information content (AvgIpc) is 2.82. The van der Waals surface area contributed by atoms with Gasteiger partial charge in [0.1, 0.15) is 0 Å². The lowest BCUT2D eigenvalue weighted by molar-refractivity contribution is -0.174. The van der Waals surface area contributed by atoms with Gasteiger partial charge in [0, 0.05) is 6.42 Å². The summed E-state index contributed by atoms with van der Waals surface area (Å²) >= 11 is 0. The van der Waals surface area contributed by atoms with Crippen LogP contribution in [-0.2, 0) is 23.9 Å². The van der Waals surface area contributed by atoms with Crippen molar-refractivity contribution in [2.24, 2.45) is 5.92 Å². The lowest BCUT2D eigenvalue weighted by atomic mass is 9.95. The molecule has 222 valence electrons. The Balaban J connectivity index is 4.57. The van der Waals surface area contributed by atoms with Crippen molar-refractivity contribution in [3.63, 3.8) is 0 Å². The van der Waals surface area contributed by atoms with Gasteiger partial charge in [-0.25, -0.2) is 4.79 Å². The molecule has 0 aliphatic rings. The molecule has 8 nitrogen and oxygen atoms in total. The number of esters is 1. The Kier molecular flexibility index (Phi) is 20.8. The number of carboxylic acid groups (broad SMARTS) is 2. The van der Waals surface area contributed by atoms with Crippen LogP contribution in [0.15, 0.2) is 0 Å². The van der Waals surface area contributed by atoms with E-state index in [1.54, 1.807) is 0 Å². The van der Waals surface area contributed by atoms with E-state index >= 15 is 0 Å². The van der Waals surface area contributed by atoms with Crippen LogP contribution in [0.3, 0.4) is 0 Å². The van der Waals surface area contributed by atoms with E-state index in [0.717, 1.165) is 50.9 Å². The summed E-state index contributed by atoms with van der Waals surface area (Å²) in [4.78, 5) is 47.5. The molecule has 38 heavy (non-hydrogen) atoms. The van der Waals surface area contributed by atoms with Crippen molar-refractivity contribution in [2.75, 3.05) is 0 Å². The van der Waals surface area contributed by atoms with E-state index in [9.17, 15) is 29.4 Å². The number of unbranched alkanes of at least 4 members (excludes halogenated alkanes) is 13. The van der Waals surface area contributed by atoms with Gasteiger partial charge in [-0.15, -0.1) is 0 Å². The second-order valence-corrected chi connectivity index (χ2v) is 11.2. The first kappa shape index (κ1) is 36.0. The second kappa shape index (κ2) is 21.9. The number of ether oxygens (including phenoxy) is 1. The van der Waals surface area contributed by atoms with Crippen molar-refractivity contribution in [1.29, 1.82) is 0 Å². The number of carboxylic acids is 2.